The zero-order valence-electron chi connectivity index (χ0n) is 12.7. The average Bonchev–Trinajstić information content (AvgIpc) is 3.09. The Bertz CT molecular complexity index is 839. The SMILES string of the molecule is O=C(/C=C/c1ccc(-c2ccc(Br)cc2)o1)OCc1cccnc1. The molecule has 2 aromatic heterocycles. The van der Waals surface area contributed by atoms with Gasteiger partial charge >= 0.3 is 5.97 Å². The van der Waals surface area contributed by atoms with Gasteiger partial charge in [-0.15, -0.1) is 0 Å². The molecule has 24 heavy (non-hydrogen) atoms. The van der Waals surface area contributed by atoms with Crippen molar-refractivity contribution in [3.63, 3.8) is 0 Å². The van der Waals surface area contributed by atoms with E-state index in [9.17, 15) is 4.79 Å². The molecular weight excluding hydrogens is 370 g/mol. The highest BCUT2D eigenvalue weighted by Crippen LogP contribution is 2.24. The van der Waals surface area contributed by atoms with Crippen molar-refractivity contribution < 1.29 is 13.9 Å². The largest absolute Gasteiger partial charge is 0.458 e. The zero-order chi connectivity index (χ0) is 16.8. The first-order valence-electron chi connectivity index (χ1n) is 7.30. The molecule has 0 saturated heterocycles. The Balaban J connectivity index is 1.58. The van der Waals surface area contributed by atoms with E-state index in [1.807, 2.05) is 42.5 Å². The third-order valence-corrected chi connectivity index (χ3v) is 3.77. The van der Waals surface area contributed by atoms with Crippen molar-refractivity contribution in [1.29, 1.82) is 0 Å². The number of halogens is 1. The van der Waals surface area contributed by atoms with E-state index >= 15 is 0 Å². The highest BCUT2D eigenvalue weighted by molar-refractivity contribution is 9.10. The molecule has 0 spiro atoms. The fraction of sp³-hybridized carbons (Fsp3) is 0.0526. The van der Waals surface area contributed by atoms with E-state index in [-0.39, 0.29) is 6.61 Å². The number of furan rings is 1. The molecule has 0 aliphatic carbocycles. The Morgan fingerprint density at radius 2 is 2.00 bits per heavy atom. The van der Waals surface area contributed by atoms with Gasteiger partial charge in [-0.05, 0) is 36.4 Å². The van der Waals surface area contributed by atoms with Gasteiger partial charge in [-0.1, -0.05) is 34.1 Å². The van der Waals surface area contributed by atoms with Crippen LogP contribution in [0.4, 0.5) is 0 Å². The lowest BCUT2D eigenvalue weighted by atomic mass is 10.2. The van der Waals surface area contributed by atoms with E-state index in [2.05, 4.69) is 20.9 Å². The minimum atomic E-state index is -0.430. The van der Waals surface area contributed by atoms with Gasteiger partial charge in [0.25, 0.3) is 0 Å². The van der Waals surface area contributed by atoms with Gasteiger partial charge in [-0.3, -0.25) is 4.98 Å². The Labute approximate surface area is 147 Å². The maximum absolute atomic E-state index is 11.7. The van der Waals surface area contributed by atoms with E-state index in [0.29, 0.717) is 5.76 Å². The summed E-state index contributed by atoms with van der Waals surface area (Å²) >= 11 is 3.40. The third kappa shape index (κ3) is 4.43. The summed E-state index contributed by atoms with van der Waals surface area (Å²) in [7, 11) is 0. The third-order valence-electron chi connectivity index (χ3n) is 3.24. The van der Waals surface area contributed by atoms with E-state index < -0.39 is 5.97 Å². The molecule has 0 unspecified atom stereocenters. The molecule has 0 fully saturated rings. The second-order valence-corrected chi connectivity index (χ2v) is 5.93. The number of ether oxygens (including phenoxy) is 1. The van der Waals surface area contributed by atoms with Gasteiger partial charge in [0.1, 0.15) is 18.1 Å². The Kier molecular flexibility index (Phi) is 5.23. The minimum Gasteiger partial charge on any atom is -0.458 e. The summed E-state index contributed by atoms with van der Waals surface area (Å²) in [6.07, 6.45) is 6.27. The van der Waals surface area contributed by atoms with Crippen molar-refractivity contribution in [2.75, 3.05) is 0 Å². The van der Waals surface area contributed by atoms with Crippen molar-refractivity contribution in [1.82, 2.24) is 4.98 Å². The second kappa shape index (κ2) is 7.75. The van der Waals surface area contributed by atoms with Crippen LogP contribution in [0.3, 0.4) is 0 Å². The quantitative estimate of drug-likeness (QED) is 0.466. The second-order valence-electron chi connectivity index (χ2n) is 5.01. The summed E-state index contributed by atoms with van der Waals surface area (Å²) in [6.45, 7) is 0.194. The smallest absolute Gasteiger partial charge is 0.331 e. The predicted molar refractivity (Wildman–Crippen MR) is 94.9 cm³/mol. The predicted octanol–water partition coefficient (Wildman–Crippen LogP) is 4.86. The molecule has 5 heteroatoms. The summed E-state index contributed by atoms with van der Waals surface area (Å²) in [5.41, 5.74) is 1.81. The molecule has 3 aromatic rings. The molecular formula is C19H14BrNO3. The van der Waals surface area contributed by atoms with Crippen LogP contribution in [0.25, 0.3) is 17.4 Å². The standard InChI is InChI=1S/C19H14BrNO3/c20-16-5-3-15(4-6-16)18-9-7-17(24-18)8-10-19(22)23-13-14-2-1-11-21-12-14/h1-12H,13H2/b10-8+. The summed E-state index contributed by atoms with van der Waals surface area (Å²) in [5, 5.41) is 0. The summed E-state index contributed by atoms with van der Waals surface area (Å²) in [4.78, 5) is 15.7. The molecule has 0 aliphatic heterocycles. The lowest BCUT2D eigenvalue weighted by Crippen LogP contribution is -2.00. The summed E-state index contributed by atoms with van der Waals surface area (Å²) in [6, 6.07) is 15.1. The lowest BCUT2D eigenvalue weighted by Gasteiger charge is -2.00. The molecule has 3 rings (SSSR count). The van der Waals surface area contributed by atoms with Gasteiger partial charge in [0, 0.05) is 34.1 Å². The molecule has 0 atom stereocenters. The number of pyridine rings is 1. The maximum atomic E-state index is 11.7. The number of hydrogen-bond acceptors (Lipinski definition) is 4. The van der Waals surface area contributed by atoms with Crippen LogP contribution >= 0.6 is 15.9 Å². The van der Waals surface area contributed by atoms with E-state index in [4.69, 9.17) is 9.15 Å². The van der Waals surface area contributed by atoms with Crippen LogP contribution in [0.2, 0.25) is 0 Å². The minimum absolute atomic E-state index is 0.194. The Morgan fingerprint density at radius 1 is 1.17 bits per heavy atom. The molecule has 2 heterocycles. The molecule has 0 bridgehead atoms. The molecule has 0 amide bonds. The number of rotatable bonds is 5. The fourth-order valence-electron chi connectivity index (χ4n) is 2.05. The van der Waals surface area contributed by atoms with Crippen LogP contribution in [0.5, 0.6) is 0 Å². The fourth-order valence-corrected chi connectivity index (χ4v) is 2.31. The Hall–Kier alpha value is -2.66. The van der Waals surface area contributed by atoms with Gasteiger partial charge in [0.2, 0.25) is 0 Å². The van der Waals surface area contributed by atoms with E-state index in [1.54, 1.807) is 24.5 Å². The molecule has 1 aromatic carbocycles. The van der Waals surface area contributed by atoms with Crippen molar-refractivity contribution in [3.8, 4) is 11.3 Å². The van der Waals surface area contributed by atoms with Crippen LogP contribution in [-0.4, -0.2) is 11.0 Å². The first-order chi connectivity index (χ1) is 11.7. The topological polar surface area (TPSA) is 52.3 Å². The molecule has 120 valence electrons. The van der Waals surface area contributed by atoms with Gasteiger partial charge in [-0.2, -0.15) is 0 Å². The van der Waals surface area contributed by atoms with Crippen molar-refractivity contribution in [2.45, 2.75) is 6.61 Å². The van der Waals surface area contributed by atoms with E-state index in [1.165, 1.54) is 6.08 Å². The van der Waals surface area contributed by atoms with Crippen molar-refractivity contribution >= 4 is 28.0 Å². The number of nitrogens with zero attached hydrogens (tertiary/aromatic N) is 1. The molecule has 0 aliphatic rings. The zero-order valence-corrected chi connectivity index (χ0v) is 14.3. The van der Waals surface area contributed by atoms with Crippen LogP contribution in [0.15, 0.2) is 75.9 Å². The number of hydrogen-bond donors (Lipinski definition) is 0. The molecule has 0 saturated carbocycles. The van der Waals surface area contributed by atoms with E-state index in [0.717, 1.165) is 21.4 Å². The monoisotopic (exact) mass is 383 g/mol. The highest BCUT2D eigenvalue weighted by atomic mass is 79.9. The van der Waals surface area contributed by atoms with Crippen LogP contribution in [-0.2, 0) is 16.1 Å². The van der Waals surface area contributed by atoms with Crippen LogP contribution < -0.4 is 0 Å². The van der Waals surface area contributed by atoms with Crippen molar-refractivity contribution in [3.05, 3.63) is 82.8 Å². The molecule has 4 nitrogen and oxygen atoms in total. The maximum Gasteiger partial charge on any atom is 0.331 e. The first kappa shape index (κ1) is 16.2. The average molecular weight is 384 g/mol. The van der Waals surface area contributed by atoms with Crippen LogP contribution in [0.1, 0.15) is 11.3 Å². The normalized spacial score (nSPS) is 10.9. The Morgan fingerprint density at radius 3 is 2.75 bits per heavy atom. The van der Waals surface area contributed by atoms with Gasteiger partial charge in [-0.25, -0.2) is 4.79 Å². The van der Waals surface area contributed by atoms with Crippen molar-refractivity contribution in [2.24, 2.45) is 0 Å². The summed E-state index contributed by atoms with van der Waals surface area (Å²) < 4.78 is 11.9. The first-order valence-corrected chi connectivity index (χ1v) is 8.09. The number of carbonyl (C=O) groups excluding carboxylic acids is 1. The number of benzene rings is 1. The number of aromatic nitrogens is 1. The summed E-state index contributed by atoms with van der Waals surface area (Å²) in [5.74, 6) is 0.901. The number of carbonyl (C=O) groups is 1. The molecule has 0 N–H and O–H groups in total. The molecule has 0 radical (unpaired) electrons. The van der Waals surface area contributed by atoms with Gasteiger partial charge in [0.15, 0.2) is 0 Å². The van der Waals surface area contributed by atoms with Gasteiger partial charge < -0.3 is 9.15 Å². The number of esters is 1. The highest BCUT2D eigenvalue weighted by Gasteiger charge is 2.04. The van der Waals surface area contributed by atoms with Crippen LogP contribution in [0, 0.1) is 0 Å². The lowest BCUT2D eigenvalue weighted by molar-refractivity contribution is -0.138. The van der Waals surface area contributed by atoms with Gasteiger partial charge in [0.05, 0.1) is 0 Å².